The Kier molecular flexibility index (Phi) is 7.94. The van der Waals surface area contributed by atoms with E-state index in [0.29, 0.717) is 17.0 Å². The number of nitrogens with zero attached hydrogens (tertiary/aromatic N) is 1. The van der Waals surface area contributed by atoms with Crippen LogP contribution in [0.4, 0.5) is 5.69 Å². The van der Waals surface area contributed by atoms with Gasteiger partial charge in [0.2, 0.25) is 0 Å². The van der Waals surface area contributed by atoms with Crippen molar-refractivity contribution in [3.05, 3.63) is 72.8 Å². The molecule has 8 heteroatoms. The molecular formula is C20H20N4O4. The third-order valence-corrected chi connectivity index (χ3v) is 3.30. The van der Waals surface area contributed by atoms with Crippen molar-refractivity contribution in [1.82, 2.24) is 10.7 Å². The van der Waals surface area contributed by atoms with Crippen LogP contribution in [0.2, 0.25) is 0 Å². The summed E-state index contributed by atoms with van der Waals surface area (Å²) in [7, 11) is 0. The van der Waals surface area contributed by atoms with Crippen molar-refractivity contribution in [3.8, 4) is 5.75 Å². The molecule has 28 heavy (non-hydrogen) atoms. The highest BCUT2D eigenvalue weighted by molar-refractivity contribution is 6.35. The number of hydrazone groups is 1. The fourth-order valence-electron chi connectivity index (χ4n) is 1.98. The van der Waals surface area contributed by atoms with Crippen LogP contribution in [-0.4, -0.2) is 37.1 Å². The highest BCUT2D eigenvalue weighted by Crippen LogP contribution is 2.11. The Morgan fingerprint density at radius 2 is 1.71 bits per heavy atom. The molecule has 0 heterocycles. The smallest absolute Gasteiger partial charge is 0.329 e. The Morgan fingerprint density at radius 3 is 2.39 bits per heavy atom. The quantitative estimate of drug-likeness (QED) is 0.279. The van der Waals surface area contributed by atoms with Gasteiger partial charge in [-0.15, -0.1) is 6.58 Å². The average Bonchev–Trinajstić information content (AvgIpc) is 2.72. The van der Waals surface area contributed by atoms with Gasteiger partial charge in [0.1, 0.15) is 5.75 Å². The number of para-hydroxylation sites is 1. The Bertz CT molecular complexity index is 848. The molecule has 0 saturated carbocycles. The van der Waals surface area contributed by atoms with Crippen LogP contribution in [0.5, 0.6) is 5.75 Å². The topological polar surface area (TPSA) is 109 Å². The molecule has 0 spiro atoms. The van der Waals surface area contributed by atoms with E-state index in [4.69, 9.17) is 4.74 Å². The summed E-state index contributed by atoms with van der Waals surface area (Å²) < 4.78 is 5.42. The van der Waals surface area contributed by atoms with Gasteiger partial charge in [-0.05, 0) is 42.0 Å². The fraction of sp³-hybridized carbons (Fsp3) is 0.100. The second kappa shape index (κ2) is 10.9. The molecule has 2 rings (SSSR count). The molecule has 0 aromatic heterocycles. The molecule has 144 valence electrons. The van der Waals surface area contributed by atoms with Crippen LogP contribution < -0.4 is 20.8 Å². The van der Waals surface area contributed by atoms with Crippen LogP contribution in [0, 0.1) is 0 Å². The molecule has 0 unspecified atom stereocenters. The lowest BCUT2D eigenvalue weighted by atomic mass is 10.2. The number of amides is 3. The van der Waals surface area contributed by atoms with E-state index in [9.17, 15) is 14.4 Å². The van der Waals surface area contributed by atoms with E-state index < -0.39 is 11.8 Å². The van der Waals surface area contributed by atoms with Crippen LogP contribution in [0.3, 0.4) is 0 Å². The molecule has 0 aliphatic rings. The lowest BCUT2D eigenvalue weighted by molar-refractivity contribution is -0.139. The highest BCUT2D eigenvalue weighted by atomic mass is 16.5. The molecule has 3 amide bonds. The van der Waals surface area contributed by atoms with E-state index >= 15 is 0 Å². The van der Waals surface area contributed by atoms with Crippen LogP contribution in [-0.2, 0) is 14.4 Å². The molecule has 0 radical (unpaired) electrons. The first kappa shape index (κ1) is 20.4. The van der Waals surface area contributed by atoms with Gasteiger partial charge in [-0.2, -0.15) is 5.10 Å². The number of carbonyl (C=O) groups excluding carboxylic acids is 3. The highest BCUT2D eigenvalue weighted by Gasteiger charge is 2.10. The summed E-state index contributed by atoms with van der Waals surface area (Å²) in [4.78, 5) is 34.6. The number of hydrogen-bond donors (Lipinski definition) is 3. The predicted octanol–water partition coefficient (Wildman–Crippen LogP) is 1.46. The van der Waals surface area contributed by atoms with Gasteiger partial charge in [-0.1, -0.05) is 24.3 Å². The summed E-state index contributed by atoms with van der Waals surface area (Å²) in [5, 5.41) is 8.76. The van der Waals surface area contributed by atoms with Crippen molar-refractivity contribution in [3.63, 3.8) is 0 Å². The van der Waals surface area contributed by atoms with Crippen LogP contribution in [0.15, 0.2) is 72.4 Å². The zero-order valence-corrected chi connectivity index (χ0v) is 15.1. The van der Waals surface area contributed by atoms with Crippen LogP contribution in [0.1, 0.15) is 5.56 Å². The maximum Gasteiger partial charge on any atom is 0.329 e. The number of anilines is 1. The second-order valence-electron chi connectivity index (χ2n) is 5.47. The van der Waals surface area contributed by atoms with Crippen molar-refractivity contribution in [2.24, 2.45) is 5.10 Å². The third-order valence-electron chi connectivity index (χ3n) is 3.30. The third kappa shape index (κ3) is 7.12. The summed E-state index contributed by atoms with van der Waals surface area (Å²) in [5.74, 6) is -1.43. The van der Waals surface area contributed by atoms with Crippen molar-refractivity contribution in [2.75, 3.05) is 18.5 Å². The predicted molar refractivity (Wildman–Crippen MR) is 106 cm³/mol. The minimum absolute atomic E-state index is 0.127. The first-order chi connectivity index (χ1) is 13.6. The van der Waals surface area contributed by atoms with Gasteiger partial charge in [-0.3, -0.25) is 14.4 Å². The van der Waals surface area contributed by atoms with Gasteiger partial charge in [0.05, 0.1) is 6.21 Å². The Balaban J connectivity index is 1.76. The first-order valence-electron chi connectivity index (χ1n) is 8.38. The van der Waals surface area contributed by atoms with Crippen molar-refractivity contribution < 1.29 is 19.1 Å². The van der Waals surface area contributed by atoms with E-state index in [-0.39, 0.29) is 19.1 Å². The number of benzene rings is 2. The molecular weight excluding hydrogens is 360 g/mol. The Hall–Kier alpha value is -3.94. The molecule has 8 nitrogen and oxygen atoms in total. The first-order valence-corrected chi connectivity index (χ1v) is 8.38. The van der Waals surface area contributed by atoms with Gasteiger partial charge in [-0.25, -0.2) is 5.43 Å². The maximum atomic E-state index is 11.8. The monoisotopic (exact) mass is 380 g/mol. The largest absolute Gasteiger partial charge is 0.484 e. The van der Waals surface area contributed by atoms with E-state index in [0.717, 1.165) is 0 Å². The fourth-order valence-corrected chi connectivity index (χ4v) is 1.98. The van der Waals surface area contributed by atoms with Crippen LogP contribution in [0.25, 0.3) is 0 Å². The SMILES string of the molecule is C=CCNC(=O)C(=O)N/N=C\c1ccc(OCC(=O)Nc2ccccc2)cc1. The molecule has 0 aliphatic carbocycles. The van der Waals surface area contributed by atoms with E-state index in [2.05, 4.69) is 27.7 Å². The number of ether oxygens (including phenoxy) is 1. The van der Waals surface area contributed by atoms with E-state index in [1.54, 1.807) is 36.4 Å². The van der Waals surface area contributed by atoms with Crippen molar-refractivity contribution >= 4 is 29.6 Å². The second-order valence-corrected chi connectivity index (χ2v) is 5.47. The lowest BCUT2D eigenvalue weighted by Crippen LogP contribution is -2.37. The number of hydrogen-bond acceptors (Lipinski definition) is 5. The molecule has 3 N–H and O–H groups in total. The minimum atomic E-state index is -0.873. The number of rotatable bonds is 8. The summed E-state index contributed by atoms with van der Waals surface area (Å²) >= 11 is 0. The normalized spacial score (nSPS) is 10.1. The standard InChI is InChI=1S/C20H20N4O4/c1-2-12-21-19(26)20(27)24-22-13-15-8-10-17(11-9-15)28-14-18(25)23-16-6-4-3-5-7-16/h2-11,13H,1,12,14H2,(H,21,26)(H,23,25)(H,24,27)/b22-13-. The van der Waals surface area contributed by atoms with Gasteiger partial charge < -0.3 is 15.4 Å². The van der Waals surface area contributed by atoms with E-state index in [1.165, 1.54) is 12.3 Å². The summed E-state index contributed by atoms with van der Waals surface area (Å²) in [5.41, 5.74) is 3.49. The molecule has 0 bridgehead atoms. The minimum Gasteiger partial charge on any atom is -0.484 e. The zero-order valence-electron chi connectivity index (χ0n) is 15.1. The van der Waals surface area contributed by atoms with Gasteiger partial charge >= 0.3 is 11.8 Å². The van der Waals surface area contributed by atoms with Gasteiger partial charge in [0, 0.05) is 12.2 Å². The molecule has 0 aliphatic heterocycles. The van der Waals surface area contributed by atoms with E-state index in [1.807, 2.05) is 18.2 Å². The molecule has 2 aromatic carbocycles. The Labute approximate surface area is 162 Å². The molecule has 0 saturated heterocycles. The average molecular weight is 380 g/mol. The summed E-state index contributed by atoms with van der Waals surface area (Å²) in [6.45, 7) is 3.50. The Morgan fingerprint density at radius 1 is 1.00 bits per heavy atom. The number of nitrogens with one attached hydrogen (secondary N) is 3. The van der Waals surface area contributed by atoms with Gasteiger partial charge in [0.25, 0.3) is 5.91 Å². The molecule has 0 atom stereocenters. The summed E-state index contributed by atoms with van der Waals surface area (Å²) in [6.07, 6.45) is 2.84. The van der Waals surface area contributed by atoms with Gasteiger partial charge in [0.15, 0.2) is 6.61 Å². The summed E-state index contributed by atoms with van der Waals surface area (Å²) in [6, 6.07) is 15.8. The van der Waals surface area contributed by atoms with Crippen molar-refractivity contribution in [2.45, 2.75) is 0 Å². The molecule has 0 fully saturated rings. The lowest BCUT2D eigenvalue weighted by Gasteiger charge is -2.07. The van der Waals surface area contributed by atoms with Crippen molar-refractivity contribution in [1.29, 1.82) is 0 Å². The maximum absolute atomic E-state index is 11.8. The molecule has 2 aromatic rings. The van der Waals surface area contributed by atoms with Crippen LogP contribution >= 0.6 is 0 Å². The number of carbonyl (C=O) groups is 3. The zero-order chi connectivity index (χ0) is 20.2.